The SMILES string of the molecule is CCC(CC)c1cccc(C2c3ccccc3-c3ccc(C4=Cc5ccccc5C4)cc32)c1. The van der Waals surface area contributed by atoms with Crippen LogP contribution in [0.5, 0.6) is 0 Å². The third kappa shape index (κ3) is 3.37. The predicted octanol–water partition coefficient (Wildman–Crippen LogP) is 8.85. The van der Waals surface area contributed by atoms with Gasteiger partial charge >= 0.3 is 0 Å². The molecule has 0 heteroatoms. The Labute approximate surface area is 197 Å². The fraction of sp³-hybridized carbons (Fsp3) is 0.212. The largest absolute Gasteiger partial charge is 0.0648 e. The van der Waals surface area contributed by atoms with E-state index in [9.17, 15) is 0 Å². The second kappa shape index (κ2) is 8.19. The van der Waals surface area contributed by atoms with Crippen molar-refractivity contribution in [2.75, 3.05) is 0 Å². The van der Waals surface area contributed by atoms with Crippen molar-refractivity contribution in [1.82, 2.24) is 0 Å². The Kier molecular flexibility index (Phi) is 5.03. The zero-order valence-electron chi connectivity index (χ0n) is 19.5. The molecule has 1 unspecified atom stereocenters. The Balaban J connectivity index is 1.47. The summed E-state index contributed by atoms with van der Waals surface area (Å²) in [6.45, 7) is 4.61. The van der Waals surface area contributed by atoms with Crippen LogP contribution in [0.3, 0.4) is 0 Å². The Hall–Kier alpha value is -3.38. The molecule has 0 N–H and O–H groups in total. The number of hydrogen-bond acceptors (Lipinski definition) is 0. The van der Waals surface area contributed by atoms with E-state index in [1.54, 1.807) is 0 Å². The van der Waals surface area contributed by atoms with E-state index in [0.717, 1.165) is 6.42 Å². The molecule has 0 saturated heterocycles. The first-order valence-electron chi connectivity index (χ1n) is 12.4. The highest BCUT2D eigenvalue weighted by molar-refractivity contribution is 5.90. The van der Waals surface area contributed by atoms with E-state index in [4.69, 9.17) is 0 Å². The van der Waals surface area contributed by atoms with E-state index in [-0.39, 0.29) is 0 Å². The number of rotatable bonds is 5. The minimum absolute atomic E-state index is 0.301. The molecule has 0 radical (unpaired) electrons. The highest BCUT2D eigenvalue weighted by Crippen LogP contribution is 2.49. The molecule has 4 aromatic rings. The molecule has 6 rings (SSSR count). The van der Waals surface area contributed by atoms with E-state index >= 15 is 0 Å². The maximum atomic E-state index is 2.48. The number of fused-ring (bicyclic) bond motifs is 4. The standard InChI is InChI=1S/C33H30/c1-3-22(4-2)23-12-9-13-27(18-23)33-31-15-8-7-14-29(31)30-17-16-26(21-32(30)33)28-19-24-10-5-6-11-25(24)20-28/h5-19,21-22,33H,3-4,20H2,1-2H3. The van der Waals surface area contributed by atoms with Crippen molar-refractivity contribution in [2.24, 2.45) is 0 Å². The molecule has 0 nitrogen and oxygen atoms in total. The van der Waals surface area contributed by atoms with Gasteiger partial charge in [0.25, 0.3) is 0 Å². The second-order valence-electron chi connectivity index (χ2n) is 9.55. The molecule has 33 heavy (non-hydrogen) atoms. The summed E-state index contributed by atoms with van der Waals surface area (Å²) >= 11 is 0. The van der Waals surface area contributed by atoms with E-state index in [0.29, 0.717) is 11.8 Å². The lowest BCUT2D eigenvalue weighted by molar-refractivity contribution is 0.641. The van der Waals surface area contributed by atoms with Crippen LogP contribution in [0.25, 0.3) is 22.8 Å². The fourth-order valence-electron chi connectivity index (χ4n) is 5.99. The molecule has 4 aromatic carbocycles. The Morgan fingerprint density at radius 1 is 0.727 bits per heavy atom. The molecule has 0 saturated carbocycles. The number of allylic oxidation sites excluding steroid dienone is 1. The topological polar surface area (TPSA) is 0 Å². The van der Waals surface area contributed by atoms with E-state index in [1.807, 2.05) is 0 Å². The molecule has 0 bridgehead atoms. The van der Waals surface area contributed by atoms with Crippen LogP contribution in [0.2, 0.25) is 0 Å². The fourth-order valence-corrected chi connectivity index (χ4v) is 5.99. The van der Waals surface area contributed by atoms with E-state index < -0.39 is 0 Å². The van der Waals surface area contributed by atoms with Gasteiger partial charge in [-0.3, -0.25) is 0 Å². The highest BCUT2D eigenvalue weighted by atomic mass is 14.3. The Morgan fingerprint density at radius 2 is 1.52 bits per heavy atom. The van der Waals surface area contributed by atoms with Gasteiger partial charge in [-0.15, -0.1) is 0 Å². The van der Waals surface area contributed by atoms with Crippen molar-refractivity contribution in [3.8, 4) is 11.1 Å². The quantitative estimate of drug-likeness (QED) is 0.263. The Bertz CT molecular complexity index is 1370. The lowest BCUT2D eigenvalue weighted by Crippen LogP contribution is -2.03. The average Bonchev–Trinajstić information content (AvgIpc) is 3.44. The van der Waals surface area contributed by atoms with Gasteiger partial charge in [0.15, 0.2) is 0 Å². The van der Waals surface area contributed by atoms with Crippen LogP contribution in [0, 0.1) is 0 Å². The summed E-state index contributed by atoms with van der Waals surface area (Å²) < 4.78 is 0. The summed E-state index contributed by atoms with van der Waals surface area (Å²) in [6, 6.07) is 34.3. The first-order chi connectivity index (χ1) is 16.3. The molecular weight excluding hydrogens is 396 g/mol. The van der Waals surface area contributed by atoms with Crippen molar-refractivity contribution >= 4 is 11.6 Å². The summed E-state index contributed by atoms with van der Waals surface area (Å²) in [5.74, 6) is 0.935. The van der Waals surface area contributed by atoms with Gasteiger partial charge in [-0.25, -0.2) is 0 Å². The van der Waals surface area contributed by atoms with Crippen LogP contribution < -0.4 is 0 Å². The van der Waals surface area contributed by atoms with Crippen LogP contribution in [-0.4, -0.2) is 0 Å². The van der Waals surface area contributed by atoms with Gasteiger partial charge in [0.1, 0.15) is 0 Å². The van der Waals surface area contributed by atoms with E-state index in [2.05, 4.69) is 111 Å². The van der Waals surface area contributed by atoms with Crippen LogP contribution in [0.15, 0.2) is 91.0 Å². The van der Waals surface area contributed by atoms with Gasteiger partial charge in [0.2, 0.25) is 0 Å². The van der Waals surface area contributed by atoms with Crippen molar-refractivity contribution in [3.05, 3.63) is 130 Å². The van der Waals surface area contributed by atoms with Crippen molar-refractivity contribution in [1.29, 1.82) is 0 Å². The smallest absolute Gasteiger partial charge is 0.0352 e. The van der Waals surface area contributed by atoms with Crippen molar-refractivity contribution in [2.45, 2.75) is 44.9 Å². The zero-order chi connectivity index (χ0) is 22.4. The minimum atomic E-state index is 0.301. The molecule has 0 fully saturated rings. The molecule has 0 amide bonds. The van der Waals surface area contributed by atoms with Crippen LogP contribution in [0.1, 0.15) is 77.5 Å². The summed E-state index contributed by atoms with van der Waals surface area (Å²) in [5.41, 5.74) is 14.2. The van der Waals surface area contributed by atoms with Gasteiger partial charge < -0.3 is 0 Å². The van der Waals surface area contributed by atoms with Crippen molar-refractivity contribution < 1.29 is 0 Å². The first-order valence-corrected chi connectivity index (χ1v) is 12.4. The minimum Gasteiger partial charge on any atom is -0.0648 e. The second-order valence-corrected chi connectivity index (χ2v) is 9.55. The number of hydrogen-bond donors (Lipinski definition) is 0. The Morgan fingerprint density at radius 3 is 2.36 bits per heavy atom. The van der Waals surface area contributed by atoms with Gasteiger partial charge in [0, 0.05) is 5.92 Å². The zero-order valence-corrected chi connectivity index (χ0v) is 19.5. The maximum absolute atomic E-state index is 2.48. The third-order valence-electron chi connectivity index (χ3n) is 7.76. The molecule has 0 spiro atoms. The monoisotopic (exact) mass is 426 g/mol. The predicted molar refractivity (Wildman–Crippen MR) is 141 cm³/mol. The maximum Gasteiger partial charge on any atom is 0.0352 e. The normalized spacial score (nSPS) is 15.8. The lowest BCUT2D eigenvalue weighted by Gasteiger charge is -2.19. The molecule has 0 heterocycles. The van der Waals surface area contributed by atoms with Crippen LogP contribution in [-0.2, 0) is 6.42 Å². The lowest BCUT2D eigenvalue weighted by atomic mass is 9.85. The average molecular weight is 427 g/mol. The molecule has 0 aliphatic heterocycles. The third-order valence-corrected chi connectivity index (χ3v) is 7.76. The summed E-state index contributed by atoms with van der Waals surface area (Å²) in [6.07, 6.45) is 5.78. The van der Waals surface area contributed by atoms with Gasteiger partial charge in [-0.2, -0.15) is 0 Å². The van der Waals surface area contributed by atoms with Gasteiger partial charge in [-0.1, -0.05) is 105 Å². The first kappa shape index (κ1) is 20.2. The molecule has 2 aliphatic carbocycles. The van der Waals surface area contributed by atoms with Gasteiger partial charge in [-0.05, 0) is 86.9 Å². The number of benzene rings is 4. The molecule has 1 atom stereocenters. The van der Waals surface area contributed by atoms with Crippen LogP contribution >= 0.6 is 0 Å². The molecule has 162 valence electrons. The highest BCUT2D eigenvalue weighted by Gasteiger charge is 2.30. The van der Waals surface area contributed by atoms with Crippen molar-refractivity contribution in [3.63, 3.8) is 0 Å². The summed E-state index contributed by atoms with van der Waals surface area (Å²) in [5, 5.41) is 0. The summed E-state index contributed by atoms with van der Waals surface area (Å²) in [4.78, 5) is 0. The van der Waals surface area contributed by atoms with Crippen LogP contribution in [0.4, 0.5) is 0 Å². The van der Waals surface area contributed by atoms with Gasteiger partial charge in [0.05, 0.1) is 0 Å². The van der Waals surface area contributed by atoms with E-state index in [1.165, 1.54) is 68.5 Å². The summed E-state index contributed by atoms with van der Waals surface area (Å²) in [7, 11) is 0. The molecular formula is C33H30. The molecule has 2 aliphatic rings. The molecule has 0 aromatic heterocycles.